The molecular weight excluding hydrogens is 149 g/mol. The molecule has 0 radical (unpaired) electrons. The van der Waals surface area contributed by atoms with Crippen LogP contribution in [0.2, 0.25) is 0 Å². The first-order chi connectivity index (χ1) is 4.79. The molecule has 0 saturated heterocycles. The molecule has 0 unspecified atom stereocenters. The summed E-state index contributed by atoms with van der Waals surface area (Å²) in [4.78, 5) is 10.3. The maximum Gasteiger partial charge on any atom is 1.00 e. The Hall–Kier alpha value is -0.310. The molecule has 3 heteroatoms. The van der Waals surface area contributed by atoms with Crippen LogP contribution in [0.5, 0.6) is 0 Å². The van der Waals surface area contributed by atoms with Crippen molar-refractivity contribution in [3.05, 3.63) is 41.6 Å². The SMILES string of the molecule is [NH-]C(=O)Cc1ccccc1.[Na+]. The van der Waals surface area contributed by atoms with Gasteiger partial charge in [-0.05, 0) is 5.56 Å². The van der Waals surface area contributed by atoms with Crippen LogP contribution >= 0.6 is 0 Å². The summed E-state index contributed by atoms with van der Waals surface area (Å²) in [5, 5.41) is 0. The molecule has 1 N–H and O–H groups in total. The fraction of sp³-hybridized carbons (Fsp3) is 0.125. The van der Waals surface area contributed by atoms with Gasteiger partial charge < -0.3 is 10.5 Å². The molecule has 0 spiro atoms. The summed E-state index contributed by atoms with van der Waals surface area (Å²) in [5.41, 5.74) is 7.58. The van der Waals surface area contributed by atoms with Crippen LogP contribution in [0.25, 0.3) is 5.73 Å². The first kappa shape index (κ1) is 10.7. The van der Waals surface area contributed by atoms with Crippen molar-refractivity contribution in [2.24, 2.45) is 0 Å². The number of carbonyl (C=O) groups is 1. The minimum atomic E-state index is -0.536. The zero-order valence-electron chi connectivity index (χ0n) is 6.50. The second-order valence-electron chi connectivity index (χ2n) is 2.09. The molecule has 11 heavy (non-hydrogen) atoms. The first-order valence-corrected chi connectivity index (χ1v) is 3.07. The van der Waals surface area contributed by atoms with E-state index in [-0.39, 0.29) is 36.0 Å². The molecule has 0 fully saturated rings. The van der Waals surface area contributed by atoms with Crippen molar-refractivity contribution in [1.29, 1.82) is 0 Å². The van der Waals surface area contributed by atoms with Gasteiger partial charge in [0.1, 0.15) is 0 Å². The minimum absolute atomic E-state index is 0. The van der Waals surface area contributed by atoms with Gasteiger partial charge in [-0.15, -0.1) is 0 Å². The van der Waals surface area contributed by atoms with E-state index in [1.807, 2.05) is 30.3 Å². The molecule has 0 aliphatic heterocycles. The van der Waals surface area contributed by atoms with Gasteiger partial charge in [0.15, 0.2) is 0 Å². The molecule has 0 saturated carbocycles. The van der Waals surface area contributed by atoms with Gasteiger partial charge in [0.25, 0.3) is 0 Å². The Kier molecular flexibility index (Phi) is 5.20. The van der Waals surface area contributed by atoms with Gasteiger partial charge in [0.2, 0.25) is 0 Å². The summed E-state index contributed by atoms with van der Waals surface area (Å²) in [6, 6.07) is 9.29. The van der Waals surface area contributed by atoms with Gasteiger partial charge >= 0.3 is 29.6 Å². The van der Waals surface area contributed by atoms with Crippen LogP contribution in [0.15, 0.2) is 30.3 Å². The summed E-state index contributed by atoms with van der Waals surface area (Å²) in [7, 11) is 0. The van der Waals surface area contributed by atoms with E-state index in [9.17, 15) is 4.79 Å². The molecule has 1 amide bonds. The summed E-state index contributed by atoms with van der Waals surface area (Å²) < 4.78 is 0. The van der Waals surface area contributed by atoms with Gasteiger partial charge in [0.05, 0.1) is 5.91 Å². The average molecular weight is 157 g/mol. The third-order valence-corrected chi connectivity index (χ3v) is 1.21. The Morgan fingerprint density at radius 2 is 1.82 bits per heavy atom. The molecule has 52 valence electrons. The van der Waals surface area contributed by atoms with Gasteiger partial charge in [-0.25, -0.2) is 0 Å². The number of carbonyl (C=O) groups excluding carboxylic acids is 1. The quantitative estimate of drug-likeness (QED) is 0.498. The second kappa shape index (κ2) is 5.35. The fourth-order valence-corrected chi connectivity index (χ4v) is 0.781. The van der Waals surface area contributed by atoms with Crippen LogP contribution in [-0.4, -0.2) is 5.91 Å². The molecule has 1 rings (SSSR count). The maximum absolute atomic E-state index is 10.3. The number of benzene rings is 1. The van der Waals surface area contributed by atoms with Crippen LogP contribution in [0.4, 0.5) is 0 Å². The van der Waals surface area contributed by atoms with Crippen LogP contribution in [0, 0.1) is 0 Å². The Labute approximate surface area is 88.1 Å². The summed E-state index contributed by atoms with van der Waals surface area (Å²) in [6.45, 7) is 0. The third kappa shape index (κ3) is 4.19. The van der Waals surface area contributed by atoms with Crippen molar-refractivity contribution in [2.75, 3.05) is 0 Å². The number of hydrogen-bond acceptors (Lipinski definition) is 1. The van der Waals surface area contributed by atoms with E-state index in [2.05, 4.69) is 0 Å². The number of nitrogens with one attached hydrogen (secondary N) is 1. The van der Waals surface area contributed by atoms with Gasteiger partial charge in [0, 0.05) is 6.42 Å². The largest absolute Gasteiger partial charge is 1.00 e. The fourth-order valence-electron chi connectivity index (χ4n) is 0.781. The molecule has 0 aliphatic rings. The van der Waals surface area contributed by atoms with Crippen LogP contribution in [-0.2, 0) is 11.2 Å². The predicted octanol–water partition coefficient (Wildman–Crippen LogP) is -1.19. The van der Waals surface area contributed by atoms with Crippen LogP contribution in [0.3, 0.4) is 0 Å². The maximum atomic E-state index is 10.3. The summed E-state index contributed by atoms with van der Waals surface area (Å²) >= 11 is 0. The Morgan fingerprint density at radius 1 is 1.27 bits per heavy atom. The van der Waals surface area contributed by atoms with E-state index >= 15 is 0 Å². The van der Waals surface area contributed by atoms with Crippen molar-refractivity contribution >= 4 is 5.91 Å². The third-order valence-electron chi connectivity index (χ3n) is 1.21. The molecular formula is C8H8NNaO. The Bertz CT molecular complexity index is 223. The van der Waals surface area contributed by atoms with E-state index in [1.165, 1.54) is 0 Å². The Balaban J connectivity index is 0.000001000. The molecule has 0 aliphatic carbocycles. The topological polar surface area (TPSA) is 40.9 Å². The standard InChI is InChI=1S/C8H9NO.Na/c9-8(10)6-7-4-2-1-3-5-7;/h1-5H,6H2,(H2,9,10);/q;+1/p-1. The van der Waals surface area contributed by atoms with Crippen molar-refractivity contribution < 1.29 is 34.4 Å². The van der Waals surface area contributed by atoms with Crippen LogP contribution in [0.1, 0.15) is 5.56 Å². The number of rotatable bonds is 2. The van der Waals surface area contributed by atoms with E-state index in [1.54, 1.807) is 0 Å². The molecule has 0 heterocycles. The normalized spacial score (nSPS) is 8.36. The van der Waals surface area contributed by atoms with Gasteiger partial charge in [-0.1, -0.05) is 30.3 Å². The molecule has 2 nitrogen and oxygen atoms in total. The molecule has 0 aromatic heterocycles. The summed E-state index contributed by atoms with van der Waals surface area (Å²) in [5.74, 6) is -0.536. The monoisotopic (exact) mass is 157 g/mol. The Morgan fingerprint density at radius 3 is 2.27 bits per heavy atom. The molecule has 0 atom stereocenters. The zero-order valence-corrected chi connectivity index (χ0v) is 8.50. The average Bonchev–Trinajstić information content (AvgIpc) is 1.88. The van der Waals surface area contributed by atoms with Crippen molar-refractivity contribution in [3.63, 3.8) is 0 Å². The zero-order chi connectivity index (χ0) is 7.40. The van der Waals surface area contributed by atoms with Crippen molar-refractivity contribution in [3.8, 4) is 0 Å². The van der Waals surface area contributed by atoms with Crippen LogP contribution < -0.4 is 29.6 Å². The summed E-state index contributed by atoms with van der Waals surface area (Å²) in [6.07, 6.45) is 0.223. The minimum Gasteiger partial charge on any atom is -0.667 e. The first-order valence-electron chi connectivity index (χ1n) is 3.07. The smallest absolute Gasteiger partial charge is 0.667 e. The van der Waals surface area contributed by atoms with Gasteiger partial charge in [-0.2, -0.15) is 0 Å². The molecule has 1 aromatic rings. The second-order valence-corrected chi connectivity index (χ2v) is 2.09. The molecule has 1 aromatic carbocycles. The van der Waals surface area contributed by atoms with Crippen molar-refractivity contribution in [1.82, 2.24) is 0 Å². The van der Waals surface area contributed by atoms with Gasteiger partial charge in [-0.3, -0.25) is 0 Å². The van der Waals surface area contributed by atoms with E-state index in [0.29, 0.717) is 0 Å². The van der Waals surface area contributed by atoms with Crippen molar-refractivity contribution in [2.45, 2.75) is 6.42 Å². The van der Waals surface area contributed by atoms with E-state index in [0.717, 1.165) is 5.56 Å². The number of hydrogen-bond donors (Lipinski definition) is 0. The van der Waals surface area contributed by atoms with E-state index in [4.69, 9.17) is 5.73 Å². The molecule has 0 bridgehead atoms. The van der Waals surface area contributed by atoms with E-state index < -0.39 is 5.91 Å². The number of amides is 1. The predicted molar refractivity (Wildman–Crippen MR) is 39.5 cm³/mol.